The highest BCUT2D eigenvalue weighted by atomic mass is 19.1. The van der Waals surface area contributed by atoms with Gasteiger partial charge in [-0.25, -0.2) is 18.8 Å². The molecule has 9 atom stereocenters. The molecule has 2 saturated carbocycles. The molecule has 2 fully saturated rings. The normalized spacial score (nSPS) is 30.0. The van der Waals surface area contributed by atoms with Gasteiger partial charge in [0.05, 0.1) is 32.5 Å². The first kappa shape index (κ1) is 46.9. The number of nitrogens with zero attached hydrogens (tertiary/aromatic N) is 2. The highest BCUT2D eigenvalue weighted by Gasteiger charge is 2.76. The summed E-state index contributed by atoms with van der Waals surface area (Å²) in [4.78, 5) is 91.8. The molecule has 1 unspecified atom stereocenters. The van der Waals surface area contributed by atoms with Crippen molar-refractivity contribution in [3.63, 3.8) is 0 Å². The fraction of sp³-hybridized carbons (Fsp3) is 0.564. The fourth-order valence-corrected chi connectivity index (χ4v) is 9.14. The third-order valence-electron chi connectivity index (χ3n) is 12.3. The minimum atomic E-state index is -2.51. The van der Waals surface area contributed by atoms with Crippen molar-refractivity contribution < 1.29 is 87.2 Å². The van der Waals surface area contributed by atoms with Crippen molar-refractivity contribution in [1.29, 1.82) is 0 Å². The predicted octanol–water partition coefficient (Wildman–Crippen LogP) is 2.31. The Labute approximate surface area is 351 Å². The molecule has 4 aliphatic carbocycles. The topological polar surface area (TPSA) is 309 Å². The molecule has 1 aromatic rings. The Kier molecular flexibility index (Phi) is 14.2. The summed E-state index contributed by atoms with van der Waals surface area (Å²) in [6, 6.07) is 4.12. The third-order valence-corrected chi connectivity index (χ3v) is 12.3. The number of hydrogen-bond donors (Lipinski definition) is 4. The summed E-state index contributed by atoms with van der Waals surface area (Å²) >= 11 is 0. The summed E-state index contributed by atoms with van der Waals surface area (Å²) in [6.45, 7) is 0.220. The van der Waals surface area contributed by atoms with Crippen LogP contribution in [-0.2, 0) is 38.3 Å². The van der Waals surface area contributed by atoms with Crippen molar-refractivity contribution in [3.05, 3.63) is 73.9 Å². The quantitative estimate of drug-likeness (QED) is 0.0240. The Hall–Kier alpha value is -6.20. The Balaban J connectivity index is 1.06. The number of halogens is 1. The van der Waals surface area contributed by atoms with E-state index in [-0.39, 0.29) is 49.5 Å². The van der Waals surface area contributed by atoms with Crippen molar-refractivity contribution in [2.45, 2.75) is 75.5 Å². The smallest absolute Gasteiger partial charge is 0.493 e. The molecule has 0 heterocycles. The van der Waals surface area contributed by atoms with E-state index >= 15 is 4.39 Å². The van der Waals surface area contributed by atoms with Gasteiger partial charge < -0.3 is 54.0 Å². The number of rotatable bonds is 18. The highest BCUT2D eigenvalue weighted by molar-refractivity contribution is 5.94. The number of alkyl carbamates (subject to hydrolysis) is 1. The van der Waals surface area contributed by atoms with E-state index in [4.69, 9.17) is 23.7 Å². The molecule has 0 aliphatic heterocycles. The molecule has 0 bridgehead atoms. The van der Waals surface area contributed by atoms with Crippen LogP contribution in [0.15, 0.2) is 48.1 Å². The molecule has 0 aromatic heterocycles. The molecule has 22 nitrogen and oxygen atoms in total. The van der Waals surface area contributed by atoms with Gasteiger partial charge in [-0.05, 0) is 62.0 Å². The van der Waals surface area contributed by atoms with Crippen molar-refractivity contribution in [3.8, 4) is 11.5 Å². The predicted molar refractivity (Wildman–Crippen MR) is 203 cm³/mol. The third kappa shape index (κ3) is 9.33. The number of methoxy groups -OCH3 is 1. The van der Waals surface area contributed by atoms with E-state index in [0.29, 0.717) is 11.1 Å². The van der Waals surface area contributed by atoms with Crippen LogP contribution in [-0.4, -0.2) is 125 Å². The van der Waals surface area contributed by atoms with E-state index in [1.807, 2.05) is 0 Å². The summed E-state index contributed by atoms with van der Waals surface area (Å²) in [5.41, 5.74) is -6.68. The van der Waals surface area contributed by atoms with Crippen molar-refractivity contribution in [1.82, 2.24) is 5.32 Å². The molecule has 338 valence electrons. The van der Waals surface area contributed by atoms with Crippen molar-refractivity contribution in [2.75, 3.05) is 40.1 Å². The second-order valence-corrected chi connectivity index (χ2v) is 15.6. The number of amides is 1. The minimum Gasteiger partial charge on any atom is -0.493 e. The van der Waals surface area contributed by atoms with Crippen LogP contribution in [0.5, 0.6) is 11.5 Å². The number of nitrogens with one attached hydrogen (secondary N) is 1. The van der Waals surface area contributed by atoms with Crippen molar-refractivity contribution >= 4 is 35.9 Å². The number of carbonyl (C=O) groups excluding carboxylic acids is 5. The van der Waals surface area contributed by atoms with Crippen LogP contribution < -0.4 is 14.8 Å². The SMILES string of the molecule is COc1cc(C=CC(=O)OCCC(CO[N+](=O)[O-])O[N+](=O)[O-])ccc1OC(=O)OCCNC(=O)OCC(=O)[C@@]1(O)[C@H](O)C[C@H]2[C@@H]3CC=C4CC(=O)C=C[C@]4(C)[C@@]3(F)[C@@H](O)C[C@@]21C. The first-order valence-corrected chi connectivity index (χ1v) is 19.3. The average Bonchev–Trinajstić information content (AvgIpc) is 3.41. The van der Waals surface area contributed by atoms with E-state index in [0.717, 1.165) is 6.08 Å². The maximum atomic E-state index is 17.3. The van der Waals surface area contributed by atoms with E-state index in [2.05, 4.69) is 15.0 Å². The molecule has 4 aliphatic rings. The summed E-state index contributed by atoms with van der Waals surface area (Å²) in [7, 11) is 1.27. The molecule has 0 radical (unpaired) electrons. The maximum absolute atomic E-state index is 17.3. The first-order chi connectivity index (χ1) is 29.2. The van der Waals surface area contributed by atoms with Crippen LogP contribution in [0.25, 0.3) is 6.08 Å². The van der Waals surface area contributed by atoms with Gasteiger partial charge in [-0.2, -0.15) is 0 Å². The zero-order valence-corrected chi connectivity index (χ0v) is 33.7. The number of hydrogen-bond acceptors (Lipinski definition) is 19. The second-order valence-electron chi connectivity index (χ2n) is 15.6. The summed E-state index contributed by atoms with van der Waals surface area (Å²) in [5, 5.41) is 55.3. The number of Topliss-reactive ketones (excluding diaryl/α,β-unsaturated/α-hetero) is 1. The molecule has 23 heteroatoms. The molecule has 0 saturated heterocycles. The van der Waals surface area contributed by atoms with Gasteiger partial charge in [0.1, 0.15) is 19.3 Å². The standard InChI is InChI=1S/C39H46FN3O19/c1-36-12-10-24(44)17-23(36)6-7-26-27-18-30(45)39(51,37(27,2)19-31(46)38(26,36)40)32(47)21-59-34(49)41-13-15-58-35(50)61-28-8-4-22(16-29(28)56-3)5-9-33(48)57-14-11-25(62-43(54)55)20-60-42(52)53/h4-6,8-10,12,16,25-27,30-31,45-46,51H,7,11,13-15,17-21H2,1-3H3,(H,41,49)/t25?,26-,27-,30+,31-,36-,37-,38-,39-/m0/s1. The Morgan fingerprint density at radius 1 is 1.03 bits per heavy atom. The Bertz CT molecular complexity index is 2040. The molecule has 0 spiro atoms. The van der Waals surface area contributed by atoms with Gasteiger partial charge in [-0.3, -0.25) is 9.59 Å². The summed E-state index contributed by atoms with van der Waals surface area (Å²) in [5.74, 6) is -3.87. The number of aliphatic hydroxyl groups is 3. The number of aliphatic hydroxyl groups excluding tert-OH is 2. The van der Waals surface area contributed by atoms with Crippen LogP contribution in [0.2, 0.25) is 0 Å². The Morgan fingerprint density at radius 3 is 2.47 bits per heavy atom. The van der Waals surface area contributed by atoms with Crippen LogP contribution in [0, 0.1) is 42.9 Å². The molecule has 1 amide bonds. The number of benzene rings is 1. The van der Waals surface area contributed by atoms with Crippen LogP contribution in [0.4, 0.5) is 14.0 Å². The van der Waals surface area contributed by atoms with Gasteiger partial charge in [-0.1, -0.05) is 30.7 Å². The summed E-state index contributed by atoms with van der Waals surface area (Å²) < 4.78 is 42.6. The lowest BCUT2D eigenvalue weighted by Crippen LogP contribution is -2.69. The minimum absolute atomic E-state index is 0.00682. The zero-order valence-electron chi connectivity index (χ0n) is 33.7. The van der Waals surface area contributed by atoms with Crippen LogP contribution in [0.1, 0.15) is 51.5 Å². The second kappa shape index (κ2) is 18.8. The lowest BCUT2D eigenvalue weighted by Gasteiger charge is -2.61. The van der Waals surface area contributed by atoms with Crippen molar-refractivity contribution in [2.24, 2.45) is 22.7 Å². The van der Waals surface area contributed by atoms with Gasteiger partial charge in [0.25, 0.3) is 10.2 Å². The van der Waals surface area contributed by atoms with Crippen LogP contribution in [0.3, 0.4) is 0 Å². The van der Waals surface area contributed by atoms with E-state index < -0.39 is 119 Å². The monoisotopic (exact) mass is 879 g/mol. The molecule has 5 rings (SSSR count). The number of ether oxygens (including phenoxy) is 5. The van der Waals surface area contributed by atoms with E-state index in [1.165, 1.54) is 50.5 Å². The number of allylic oxidation sites excluding steroid dienone is 4. The highest BCUT2D eigenvalue weighted by Crippen LogP contribution is 2.69. The fourth-order valence-electron chi connectivity index (χ4n) is 9.14. The molecule has 4 N–H and O–H groups in total. The van der Waals surface area contributed by atoms with E-state index in [9.17, 15) is 59.5 Å². The lowest BCUT2D eigenvalue weighted by molar-refractivity contribution is -0.790. The van der Waals surface area contributed by atoms with Gasteiger partial charge >= 0.3 is 18.2 Å². The molecular formula is C39H46FN3O19. The summed E-state index contributed by atoms with van der Waals surface area (Å²) in [6.07, 6.45) is -0.970. The zero-order chi connectivity index (χ0) is 45.6. The van der Waals surface area contributed by atoms with Gasteiger partial charge in [0.2, 0.25) is 5.78 Å². The lowest BCUT2D eigenvalue weighted by atomic mass is 9.45. The number of esters is 1. The first-order valence-electron chi connectivity index (χ1n) is 19.3. The Morgan fingerprint density at radius 2 is 1.77 bits per heavy atom. The largest absolute Gasteiger partial charge is 0.514 e. The molecular weight excluding hydrogens is 833 g/mol. The van der Waals surface area contributed by atoms with Gasteiger partial charge in [0.15, 0.2) is 35.2 Å². The number of fused-ring (bicyclic) bond motifs is 5. The van der Waals surface area contributed by atoms with Gasteiger partial charge in [-0.15, -0.1) is 20.2 Å². The average molecular weight is 880 g/mol. The molecule has 62 heavy (non-hydrogen) atoms. The molecule has 1 aromatic carbocycles. The van der Waals surface area contributed by atoms with Crippen LogP contribution >= 0.6 is 0 Å². The number of ketones is 2. The number of carbonyl (C=O) groups is 5. The maximum Gasteiger partial charge on any atom is 0.514 e. The number of alkyl halides is 1. The van der Waals surface area contributed by atoms with E-state index in [1.54, 1.807) is 13.0 Å². The van der Waals surface area contributed by atoms with Gasteiger partial charge in [0, 0.05) is 35.7 Å².